The Morgan fingerprint density at radius 1 is 1.36 bits per heavy atom. The van der Waals surface area contributed by atoms with Gasteiger partial charge >= 0.3 is 0 Å². The van der Waals surface area contributed by atoms with Gasteiger partial charge in [-0.25, -0.2) is 9.97 Å². The first-order chi connectivity index (χ1) is 12.1. The molecule has 0 spiro atoms. The predicted molar refractivity (Wildman–Crippen MR) is 97.8 cm³/mol. The molecule has 0 bridgehead atoms. The fourth-order valence-corrected chi connectivity index (χ4v) is 2.82. The van der Waals surface area contributed by atoms with Crippen molar-refractivity contribution in [1.29, 1.82) is 0 Å². The number of methoxy groups -OCH3 is 1. The van der Waals surface area contributed by atoms with Gasteiger partial charge in [-0.2, -0.15) is 0 Å². The molecule has 0 aliphatic carbocycles. The van der Waals surface area contributed by atoms with E-state index in [9.17, 15) is 4.79 Å². The van der Waals surface area contributed by atoms with E-state index in [1.54, 1.807) is 19.4 Å². The zero-order chi connectivity index (χ0) is 17.8. The van der Waals surface area contributed by atoms with Crippen LogP contribution in [0, 0.1) is 0 Å². The molecule has 6 nitrogen and oxygen atoms in total. The van der Waals surface area contributed by atoms with Crippen molar-refractivity contribution in [1.82, 2.24) is 19.9 Å². The highest BCUT2D eigenvalue weighted by molar-refractivity contribution is 6.33. The summed E-state index contributed by atoms with van der Waals surface area (Å²) in [5.41, 5.74) is 2.66. The van der Waals surface area contributed by atoms with Crippen LogP contribution in [-0.2, 0) is 11.8 Å². The summed E-state index contributed by atoms with van der Waals surface area (Å²) >= 11 is 6.27. The number of nitrogens with one attached hydrogen (secondary N) is 1. The number of amides is 1. The zero-order valence-corrected chi connectivity index (χ0v) is 14.9. The Balaban J connectivity index is 1.89. The summed E-state index contributed by atoms with van der Waals surface area (Å²) in [7, 11) is 3.52. The Morgan fingerprint density at radius 3 is 2.92 bits per heavy atom. The van der Waals surface area contributed by atoms with Gasteiger partial charge in [0.1, 0.15) is 11.3 Å². The summed E-state index contributed by atoms with van der Waals surface area (Å²) in [5, 5.41) is 3.47. The average molecular weight is 359 g/mol. The lowest BCUT2D eigenvalue weighted by Gasteiger charge is -2.05. The van der Waals surface area contributed by atoms with Gasteiger partial charge in [-0.05, 0) is 24.6 Å². The third-order valence-electron chi connectivity index (χ3n) is 3.90. The van der Waals surface area contributed by atoms with E-state index in [-0.39, 0.29) is 5.91 Å². The number of aryl methyl sites for hydroxylation is 1. The molecule has 0 saturated heterocycles. The molecular formula is C18H19ClN4O2. The molecule has 3 rings (SSSR count). The number of benzene rings is 1. The maximum Gasteiger partial charge on any atom is 0.252 e. The van der Waals surface area contributed by atoms with Gasteiger partial charge in [0.2, 0.25) is 0 Å². The quantitative estimate of drug-likeness (QED) is 0.687. The number of carbonyl (C=O) groups excluding carboxylic acids is 1. The smallest absolute Gasteiger partial charge is 0.252 e. The van der Waals surface area contributed by atoms with Crippen LogP contribution >= 0.6 is 11.6 Å². The van der Waals surface area contributed by atoms with Crippen LogP contribution in [0.5, 0.6) is 0 Å². The molecule has 1 aromatic carbocycles. The lowest BCUT2D eigenvalue weighted by atomic mass is 10.2. The lowest BCUT2D eigenvalue weighted by Crippen LogP contribution is -2.25. The number of halogens is 1. The van der Waals surface area contributed by atoms with Crippen LogP contribution in [0.4, 0.5) is 0 Å². The molecule has 0 aliphatic heterocycles. The highest BCUT2D eigenvalue weighted by atomic mass is 35.5. The number of hydrogen-bond acceptors (Lipinski definition) is 4. The van der Waals surface area contributed by atoms with Gasteiger partial charge < -0.3 is 14.6 Å². The summed E-state index contributed by atoms with van der Waals surface area (Å²) in [6.07, 6.45) is 2.32. The number of pyridine rings is 1. The van der Waals surface area contributed by atoms with E-state index in [4.69, 9.17) is 16.3 Å². The number of nitrogens with zero attached hydrogens (tertiary/aromatic N) is 3. The molecule has 0 fully saturated rings. The molecular weight excluding hydrogens is 340 g/mol. The Labute approximate surface area is 150 Å². The van der Waals surface area contributed by atoms with Gasteiger partial charge in [0, 0.05) is 39.1 Å². The fourth-order valence-electron chi connectivity index (χ4n) is 2.60. The fraction of sp³-hybridized carbons (Fsp3) is 0.278. The Bertz CT molecular complexity index is 907. The number of fused-ring (bicyclic) bond motifs is 1. The molecule has 130 valence electrons. The summed E-state index contributed by atoms with van der Waals surface area (Å²) < 4.78 is 6.84. The number of hydrogen-bond donors (Lipinski definition) is 1. The number of rotatable bonds is 6. The molecule has 0 saturated carbocycles. The van der Waals surface area contributed by atoms with Crippen LogP contribution in [0.2, 0.25) is 5.02 Å². The second kappa shape index (κ2) is 7.63. The molecule has 2 aromatic heterocycles. The molecule has 0 radical (unpaired) electrons. The average Bonchev–Trinajstić information content (AvgIpc) is 2.95. The molecule has 0 atom stereocenters. The standard InChI is InChI=1S/C18H19ClN4O2/c1-23-16(13-6-3-4-7-14(13)19)22-15-10-12(11-21-17(15)23)18(24)20-8-5-9-25-2/h3-4,6-7,10-11H,5,8-9H2,1-2H3,(H,20,24). The number of ether oxygens (including phenoxy) is 1. The summed E-state index contributed by atoms with van der Waals surface area (Å²) in [5.74, 6) is 0.543. The van der Waals surface area contributed by atoms with E-state index in [0.717, 1.165) is 12.0 Å². The van der Waals surface area contributed by atoms with Gasteiger partial charge in [0.15, 0.2) is 5.65 Å². The third kappa shape index (κ3) is 3.65. The first-order valence-corrected chi connectivity index (χ1v) is 8.34. The van der Waals surface area contributed by atoms with Gasteiger partial charge in [-0.1, -0.05) is 23.7 Å². The largest absolute Gasteiger partial charge is 0.385 e. The normalized spacial score (nSPS) is 11.0. The molecule has 0 aliphatic rings. The molecule has 25 heavy (non-hydrogen) atoms. The van der Waals surface area contributed by atoms with Crippen molar-refractivity contribution in [3.05, 3.63) is 47.1 Å². The Morgan fingerprint density at radius 2 is 2.16 bits per heavy atom. The molecule has 0 unspecified atom stereocenters. The highest BCUT2D eigenvalue weighted by Crippen LogP contribution is 2.28. The Kier molecular flexibility index (Phi) is 5.31. The monoisotopic (exact) mass is 358 g/mol. The summed E-state index contributed by atoms with van der Waals surface area (Å²) in [6.45, 7) is 1.16. The zero-order valence-electron chi connectivity index (χ0n) is 14.1. The maximum atomic E-state index is 12.2. The predicted octanol–water partition coefficient (Wildman–Crippen LogP) is 3.06. The van der Waals surface area contributed by atoms with Gasteiger partial charge in [-0.3, -0.25) is 4.79 Å². The van der Waals surface area contributed by atoms with Crippen molar-refractivity contribution in [3.63, 3.8) is 0 Å². The van der Waals surface area contributed by atoms with E-state index in [1.165, 1.54) is 0 Å². The van der Waals surface area contributed by atoms with Crippen molar-refractivity contribution >= 4 is 28.7 Å². The van der Waals surface area contributed by atoms with E-state index >= 15 is 0 Å². The minimum atomic E-state index is -0.171. The summed E-state index contributed by atoms with van der Waals surface area (Å²) in [6, 6.07) is 9.26. The Hall–Kier alpha value is -2.44. The highest BCUT2D eigenvalue weighted by Gasteiger charge is 2.15. The van der Waals surface area contributed by atoms with Crippen LogP contribution in [0.15, 0.2) is 36.5 Å². The molecule has 1 amide bonds. The van der Waals surface area contributed by atoms with Crippen LogP contribution in [0.1, 0.15) is 16.8 Å². The van der Waals surface area contributed by atoms with E-state index in [2.05, 4.69) is 15.3 Å². The van der Waals surface area contributed by atoms with E-state index < -0.39 is 0 Å². The maximum absolute atomic E-state index is 12.2. The third-order valence-corrected chi connectivity index (χ3v) is 4.23. The van der Waals surface area contributed by atoms with Crippen LogP contribution in [-0.4, -0.2) is 40.7 Å². The molecule has 7 heteroatoms. The first-order valence-electron chi connectivity index (χ1n) is 7.96. The van der Waals surface area contributed by atoms with Crippen molar-refractivity contribution in [2.24, 2.45) is 7.05 Å². The number of imidazole rings is 1. The summed E-state index contributed by atoms with van der Waals surface area (Å²) in [4.78, 5) is 21.2. The van der Waals surface area contributed by atoms with E-state index in [0.29, 0.717) is 40.7 Å². The minimum Gasteiger partial charge on any atom is -0.385 e. The minimum absolute atomic E-state index is 0.171. The van der Waals surface area contributed by atoms with Gasteiger partial charge in [0.25, 0.3) is 5.91 Å². The SMILES string of the molecule is COCCCNC(=O)c1cnc2c(c1)nc(-c1ccccc1Cl)n2C. The lowest BCUT2D eigenvalue weighted by molar-refractivity contribution is 0.0948. The molecule has 3 aromatic rings. The molecule has 1 N–H and O–H groups in total. The van der Waals surface area contributed by atoms with Crippen molar-refractivity contribution < 1.29 is 9.53 Å². The topological polar surface area (TPSA) is 69.0 Å². The number of carbonyl (C=O) groups is 1. The van der Waals surface area contributed by atoms with Crippen molar-refractivity contribution in [2.45, 2.75) is 6.42 Å². The van der Waals surface area contributed by atoms with Gasteiger partial charge in [-0.15, -0.1) is 0 Å². The van der Waals surface area contributed by atoms with Gasteiger partial charge in [0.05, 0.1) is 10.6 Å². The van der Waals surface area contributed by atoms with Crippen LogP contribution in [0.25, 0.3) is 22.6 Å². The molecule has 2 heterocycles. The van der Waals surface area contributed by atoms with Crippen molar-refractivity contribution in [3.8, 4) is 11.4 Å². The number of aromatic nitrogens is 3. The van der Waals surface area contributed by atoms with Crippen LogP contribution in [0.3, 0.4) is 0 Å². The second-order valence-corrected chi connectivity index (χ2v) is 6.05. The first kappa shape index (κ1) is 17.4. The van der Waals surface area contributed by atoms with Crippen molar-refractivity contribution in [2.75, 3.05) is 20.3 Å². The second-order valence-electron chi connectivity index (χ2n) is 5.64. The van der Waals surface area contributed by atoms with Crippen LogP contribution < -0.4 is 5.32 Å². The van der Waals surface area contributed by atoms with E-state index in [1.807, 2.05) is 35.9 Å².